The SMILES string of the molecule is CCC1=Cc2c(C3CC3)cccc2[CH]1[Hf](=[Si]=CC1CCCC1)[CH]1C(CC)=Cc2c(C3CC3)cccc21. The Balaban J connectivity index is 1.41. The summed E-state index contributed by atoms with van der Waals surface area (Å²) >= 11 is -2.27. The van der Waals surface area contributed by atoms with Gasteiger partial charge in [0.2, 0.25) is 0 Å². The second-order valence-electron chi connectivity index (χ2n) is 12.1. The number of benzene rings is 2. The summed E-state index contributed by atoms with van der Waals surface area (Å²) in [7, 11) is 0. The van der Waals surface area contributed by atoms with E-state index in [0.29, 0.717) is 0 Å². The third kappa shape index (κ3) is 4.23. The Labute approximate surface area is 226 Å². The number of rotatable bonds is 7. The molecule has 0 nitrogen and oxygen atoms in total. The van der Waals surface area contributed by atoms with Crippen LogP contribution in [0.25, 0.3) is 12.2 Å². The molecular formula is C34H40HfSi. The second kappa shape index (κ2) is 9.88. The second-order valence-corrected chi connectivity index (χ2v) is 28.0. The van der Waals surface area contributed by atoms with Crippen LogP contribution in [0.3, 0.4) is 0 Å². The molecule has 2 atom stereocenters. The van der Waals surface area contributed by atoms with Crippen LogP contribution in [0.4, 0.5) is 0 Å². The zero-order valence-electron chi connectivity index (χ0n) is 22.2. The molecule has 0 amide bonds. The van der Waals surface area contributed by atoms with Gasteiger partial charge >= 0.3 is 228 Å². The van der Waals surface area contributed by atoms with Crippen LogP contribution >= 0.6 is 0 Å². The molecule has 2 aromatic rings. The molecule has 2 unspecified atom stereocenters. The molecule has 0 saturated heterocycles. The van der Waals surface area contributed by atoms with Crippen molar-refractivity contribution in [2.45, 2.75) is 97.2 Å². The Morgan fingerprint density at radius 2 is 1.17 bits per heavy atom. The predicted molar refractivity (Wildman–Crippen MR) is 153 cm³/mol. The maximum atomic E-state index is 2.90. The topological polar surface area (TPSA) is 0 Å². The maximum absolute atomic E-state index is 2.90. The Kier molecular flexibility index (Phi) is 6.57. The monoisotopic (exact) mass is 656 g/mol. The van der Waals surface area contributed by atoms with Gasteiger partial charge in [0.25, 0.3) is 0 Å². The van der Waals surface area contributed by atoms with Gasteiger partial charge < -0.3 is 0 Å². The molecule has 3 saturated carbocycles. The summed E-state index contributed by atoms with van der Waals surface area (Å²) in [5.74, 6) is 3.74. The first-order valence-corrected chi connectivity index (χ1v) is 25.5. The van der Waals surface area contributed by atoms with Crippen molar-refractivity contribution < 1.29 is 20.1 Å². The van der Waals surface area contributed by atoms with Crippen LogP contribution in [0.15, 0.2) is 47.5 Å². The molecule has 3 fully saturated rings. The summed E-state index contributed by atoms with van der Waals surface area (Å²) in [6.07, 6.45) is 19.3. The molecule has 0 aliphatic heterocycles. The van der Waals surface area contributed by atoms with E-state index < -0.39 is 20.1 Å². The predicted octanol–water partition coefficient (Wildman–Crippen LogP) is 9.07. The van der Waals surface area contributed by atoms with Gasteiger partial charge in [-0.3, -0.25) is 0 Å². The Morgan fingerprint density at radius 3 is 1.61 bits per heavy atom. The Bertz CT molecular complexity index is 1240. The fourth-order valence-electron chi connectivity index (χ4n) is 7.50. The molecule has 184 valence electrons. The van der Waals surface area contributed by atoms with Gasteiger partial charge in [0.05, 0.1) is 0 Å². The van der Waals surface area contributed by atoms with E-state index in [1.807, 2.05) is 0 Å². The van der Waals surface area contributed by atoms with Gasteiger partial charge in [0.15, 0.2) is 0 Å². The van der Waals surface area contributed by atoms with Gasteiger partial charge in [-0.15, -0.1) is 0 Å². The first kappa shape index (κ1) is 24.0. The zero-order chi connectivity index (χ0) is 24.2. The minimum atomic E-state index is -2.27. The van der Waals surface area contributed by atoms with Gasteiger partial charge in [0.1, 0.15) is 0 Å². The standard InChI is InChI=1S/2C14H15.C6H10Si.Hf/c2*1-2-10-8-12-4-3-5-13(11-6-7-11)14(12)9-10;7-5-6-3-1-2-4-6;/h2*3-5,8-9,11H,2,6-7H2,1H3;5-6H,1-4H2;. The number of hydrogen-bond donors (Lipinski definition) is 0. The van der Waals surface area contributed by atoms with Crippen LogP contribution in [0.5, 0.6) is 0 Å². The summed E-state index contributed by atoms with van der Waals surface area (Å²) in [5, 5.41) is 0. The van der Waals surface area contributed by atoms with Crippen LogP contribution in [-0.2, 0) is 20.1 Å². The number of fused-ring (bicyclic) bond motifs is 2. The van der Waals surface area contributed by atoms with E-state index in [9.17, 15) is 0 Å². The molecule has 0 bridgehead atoms. The first-order chi connectivity index (χ1) is 17.8. The molecule has 0 aromatic heterocycles. The third-order valence-corrected chi connectivity index (χ3v) is 30.2. The van der Waals surface area contributed by atoms with Crippen LogP contribution in [-0.4, -0.2) is 11.5 Å². The Morgan fingerprint density at radius 1 is 0.694 bits per heavy atom. The van der Waals surface area contributed by atoms with Gasteiger partial charge in [-0.2, -0.15) is 0 Å². The van der Waals surface area contributed by atoms with E-state index in [1.54, 1.807) is 44.5 Å². The third-order valence-electron chi connectivity index (χ3n) is 9.73. The summed E-state index contributed by atoms with van der Waals surface area (Å²) < 4.78 is 1.58. The normalized spacial score (nSPS) is 24.7. The quantitative estimate of drug-likeness (QED) is 0.261. The van der Waals surface area contributed by atoms with Crippen molar-refractivity contribution in [3.63, 3.8) is 0 Å². The van der Waals surface area contributed by atoms with E-state index in [2.05, 4.69) is 68.1 Å². The summed E-state index contributed by atoms with van der Waals surface area (Å²) in [6, 6.07) is 14.9. The minimum absolute atomic E-state index is 0.792. The average molecular weight is 655 g/mol. The van der Waals surface area contributed by atoms with E-state index >= 15 is 0 Å². The molecule has 5 aliphatic carbocycles. The molecule has 7 rings (SSSR count). The van der Waals surface area contributed by atoms with Crippen molar-refractivity contribution in [2.24, 2.45) is 5.92 Å². The summed E-state index contributed by atoms with van der Waals surface area (Å²) in [6.45, 7) is 4.89. The van der Waals surface area contributed by atoms with Crippen LogP contribution < -0.4 is 0 Å². The van der Waals surface area contributed by atoms with Gasteiger partial charge in [-0.05, 0) is 0 Å². The number of allylic oxidation sites excluding steroid dienone is 2. The zero-order valence-corrected chi connectivity index (χ0v) is 26.7. The van der Waals surface area contributed by atoms with E-state index in [0.717, 1.165) is 30.9 Å². The van der Waals surface area contributed by atoms with Crippen LogP contribution in [0, 0.1) is 5.92 Å². The molecule has 0 spiro atoms. The van der Waals surface area contributed by atoms with Crippen molar-refractivity contribution in [3.8, 4) is 0 Å². The molecule has 0 N–H and O–H groups in total. The van der Waals surface area contributed by atoms with Gasteiger partial charge in [0, 0.05) is 0 Å². The van der Waals surface area contributed by atoms with E-state index in [-0.39, 0.29) is 0 Å². The van der Waals surface area contributed by atoms with Crippen molar-refractivity contribution in [1.29, 1.82) is 0 Å². The average Bonchev–Trinajstić information content (AvgIpc) is 3.81. The van der Waals surface area contributed by atoms with Crippen molar-refractivity contribution in [2.75, 3.05) is 0 Å². The molecule has 0 radical (unpaired) electrons. The fourth-order valence-corrected chi connectivity index (χ4v) is 32.7. The van der Waals surface area contributed by atoms with Crippen LogP contribution in [0.1, 0.15) is 131 Å². The van der Waals surface area contributed by atoms with E-state index in [1.165, 1.54) is 64.2 Å². The summed E-state index contributed by atoms with van der Waals surface area (Å²) in [4.78, 5) is 0. The first-order valence-electron chi connectivity index (χ1n) is 14.9. The molecule has 0 heterocycles. The van der Waals surface area contributed by atoms with Crippen LogP contribution in [0.2, 0.25) is 0 Å². The molecule has 2 heteroatoms. The van der Waals surface area contributed by atoms with Crippen molar-refractivity contribution in [1.82, 2.24) is 0 Å². The van der Waals surface area contributed by atoms with E-state index in [4.69, 9.17) is 0 Å². The van der Waals surface area contributed by atoms with Gasteiger partial charge in [-0.1, -0.05) is 0 Å². The van der Waals surface area contributed by atoms with Gasteiger partial charge in [-0.25, -0.2) is 0 Å². The fraction of sp³-hybridized carbons (Fsp3) is 0.500. The molecule has 36 heavy (non-hydrogen) atoms. The van der Waals surface area contributed by atoms with Crippen molar-refractivity contribution in [3.05, 3.63) is 80.9 Å². The number of hydrogen-bond acceptors (Lipinski definition) is 0. The molecule has 5 aliphatic rings. The Hall–Kier alpha value is -1.12. The van der Waals surface area contributed by atoms with Crippen molar-refractivity contribution >= 4 is 23.7 Å². The molecule has 2 aromatic carbocycles. The molecular weight excluding hydrogens is 615 g/mol. The summed E-state index contributed by atoms with van der Waals surface area (Å²) in [5.41, 5.74) is 16.7.